The summed E-state index contributed by atoms with van der Waals surface area (Å²) in [7, 11) is 1.54. The minimum Gasteiger partial charge on any atom is -0.475 e. The topological polar surface area (TPSA) is 55.1 Å². The van der Waals surface area contributed by atoms with Crippen molar-refractivity contribution in [2.24, 2.45) is 0 Å². The van der Waals surface area contributed by atoms with Crippen molar-refractivity contribution in [1.82, 2.24) is 4.98 Å². The summed E-state index contributed by atoms with van der Waals surface area (Å²) in [6.07, 6.45) is 0. The maximum Gasteiger partial charge on any atom is 0.214 e. The molecule has 0 bridgehead atoms. The standard InChI is InChI=1S/C9H9FN2O2/c1-13-4-5-14-9-3-2-7(10)8(6-11)12-9/h2-3H,4-5H2,1H3. The largest absolute Gasteiger partial charge is 0.475 e. The number of hydrogen-bond acceptors (Lipinski definition) is 4. The Balaban J connectivity index is 2.66. The van der Waals surface area contributed by atoms with E-state index in [-0.39, 0.29) is 11.6 Å². The SMILES string of the molecule is COCCOc1ccc(F)c(C#N)n1. The van der Waals surface area contributed by atoms with Crippen LogP contribution in [-0.2, 0) is 4.74 Å². The maximum atomic E-state index is 12.8. The van der Waals surface area contributed by atoms with Gasteiger partial charge in [-0.15, -0.1) is 0 Å². The van der Waals surface area contributed by atoms with Gasteiger partial charge in [0.1, 0.15) is 12.7 Å². The second kappa shape index (κ2) is 5.14. The maximum absolute atomic E-state index is 12.8. The van der Waals surface area contributed by atoms with Crippen molar-refractivity contribution >= 4 is 0 Å². The van der Waals surface area contributed by atoms with E-state index in [4.69, 9.17) is 14.7 Å². The lowest BCUT2D eigenvalue weighted by molar-refractivity contribution is 0.143. The number of halogens is 1. The third-order valence-corrected chi connectivity index (χ3v) is 1.46. The Labute approximate surface area is 80.9 Å². The molecular formula is C9H9FN2O2. The normalized spacial score (nSPS) is 9.50. The number of rotatable bonds is 4. The predicted octanol–water partition coefficient (Wildman–Crippen LogP) is 1.12. The van der Waals surface area contributed by atoms with Gasteiger partial charge in [-0.3, -0.25) is 0 Å². The minimum absolute atomic E-state index is 0.222. The van der Waals surface area contributed by atoms with Crippen molar-refractivity contribution in [1.29, 1.82) is 5.26 Å². The molecule has 14 heavy (non-hydrogen) atoms. The summed E-state index contributed by atoms with van der Waals surface area (Å²) in [5.74, 6) is -0.424. The van der Waals surface area contributed by atoms with Gasteiger partial charge in [0.2, 0.25) is 5.88 Å². The fourth-order valence-corrected chi connectivity index (χ4v) is 0.813. The third kappa shape index (κ3) is 2.68. The van der Waals surface area contributed by atoms with Gasteiger partial charge in [0.15, 0.2) is 11.5 Å². The van der Waals surface area contributed by atoms with Gasteiger partial charge in [-0.2, -0.15) is 10.2 Å². The van der Waals surface area contributed by atoms with Crippen LogP contribution in [0.4, 0.5) is 4.39 Å². The minimum atomic E-state index is -0.647. The molecule has 1 rings (SSSR count). The van der Waals surface area contributed by atoms with Crippen molar-refractivity contribution in [3.8, 4) is 11.9 Å². The van der Waals surface area contributed by atoms with Crippen molar-refractivity contribution in [3.05, 3.63) is 23.6 Å². The summed E-state index contributed by atoms with van der Waals surface area (Å²) in [5, 5.41) is 8.48. The van der Waals surface area contributed by atoms with Crippen LogP contribution in [0.3, 0.4) is 0 Å². The second-order valence-corrected chi connectivity index (χ2v) is 2.43. The lowest BCUT2D eigenvalue weighted by Crippen LogP contribution is -2.06. The van der Waals surface area contributed by atoms with E-state index in [0.717, 1.165) is 6.07 Å². The Hall–Kier alpha value is -1.67. The van der Waals surface area contributed by atoms with Gasteiger partial charge in [-0.1, -0.05) is 0 Å². The Bertz CT molecular complexity index is 349. The van der Waals surface area contributed by atoms with Crippen LogP contribution in [0.2, 0.25) is 0 Å². The lowest BCUT2D eigenvalue weighted by Gasteiger charge is -2.04. The fourth-order valence-electron chi connectivity index (χ4n) is 0.813. The number of aromatic nitrogens is 1. The molecule has 1 aromatic rings. The molecule has 0 aliphatic carbocycles. The molecule has 0 radical (unpaired) electrons. The van der Waals surface area contributed by atoms with E-state index in [0.29, 0.717) is 13.2 Å². The van der Waals surface area contributed by atoms with Crippen molar-refractivity contribution in [2.45, 2.75) is 0 Å². The first-order chi connectivity index (χ1) is 6.77. The highest BCUT2D eigenvalue weighted by Crippen LogP contribution is 2.10. The van der Waals surface area contributed by atoms with Gasteiger partial charge in [0.25, 0.3) is 0 Å². The van der Waals surface area contributed by atoms with Gasteiger partial charge < -0.3 is 9.47 Å². The Morgan fingerprint density at radius 2 is 2.29 bits per heavy atom. The van der Waals surface area contributed by atoms with E-state index in [2.05, 4.69) is 4.98 Å². The molecule has 0 saturated heterocycles. The van der Waals surface area contributed by atoms with Crippen LogP contribution < -0.4 is 4.74 Å². The molecule has 0 spiro atoms. The van der Waals surface area contributed by atoms with Crippen LogP contribution in [0.1, 0.15) is 5.69 Å². The molecule has 0 saturated carbocycles. The fraction of sp³-hybridized carbons (Fsp3) is 0.333. The van der Waals surface area contributed by atoms with Crippen LogP contribution in [0.5, 0.6) is 5.88 Å². The molecule has 74 valence electrons. The quantitative estimate of drug-likeness (QED) is 0.677. The summed E-state index contributed by atoms with van der Waals surface area (Å²) in [5.41, 5.74) is -0.264. The molecule has 0 aliphatic heterocycles. The Morgan fingerprint density at radius 3 is 2.93 bits per heavy atom. The molecule has 1 heterocycles. The van der Waals surface area contributed by atoms with Crippen LogP contribution in [0, 0.1) is 17.1 Å². The van der Waals surface area contributed by atoms with Crippen LogP contribution in [0.25, 0.3) is 0 Å². The smallest absolute Gasteiger partial charge is 0.214 e. The first-order valence-corrected chi connectivity index (χ1v) is 3.96. The van der Waals surface area contributed by atoms with Crippen LogP contribution in [-0.4, -0.2) is 25.3 Å². The average molecular weight is 196 g/mol. The molecule has 0 amide bonds. The zero-order chi connectivity index (χ0) is 10.4. The average Bonchev–Trinajstić information content (AvgIpc) is 2.21. The van der Waals surface area contributed by atoms with E-state index < -0.39 is 5.82 Å². The van der Waals surface area contributed by atoms with Gasteiger partial charge in [-0.05, 0) is 6.07 Å². The van der Waals surface area contributed by atoms with E-state index in [1.165, 1.54) is 6.07 Å². The van der Waals surface area contributed by atoms with Gasteiger partial charge in [-0.25, -0.2) is 4.39 Å². The number of nitriles is 1. The number of nitrogens with zero attached hydrogens (tertiary/aromatic N) is 2. The zero-order valence-corrected chi connectivity index (χ0v) is 7.66. The second-order valence-electron chi connectivity index (χ2n) is 2.43. The van der Waals surface area contributed by atoms with Gasteiger partial charge >= 0.3 is 0 Å². The highest BCUT2D eigenvalue weighted by molar-refractivity contribution is 5.26. The summed E-state index contributed by atoms with van der Waals surface area (Å²) in [4.78, 5) is 3.65. The molecule has 4 nitrogen and oxygen atoms in total. The van der Waals surface area contributed by atoms with Crippen LogP contribution >= 0.6 is 0 Å². The molecule has 0 unspecified atom stereocenters. The van der Waals surface area contributed by atoms with E-state index >= 15 is 0 Å². The molecule has 0 N–H and O–H groups in total. The number of methoxy groups -OCH3 is 1. The third-order valence-electron chi connectivity index (χ3n) is 1.46. The lowest BCUT2D eigenvalue weighted by atomic mass is 10.3. The monoisotopic (exact) mass is 196 g/mol. The summed E-state index contributed by atoms with van der Waals surface area (Å²) in [6.45, 7) is 0.737. The van der Waals surface area contributed by atoms with Crippen LogP contribution in [0.15, 0.2) is 12.1 Å². The molecule has 0 aromatic carbocycles. The Morgan fingerprint density at radius 1 is 1.50 bits per heavy atom. The van der Waals surface area contributed by atoms with E-state index in [1.54, 1.807) is 13.2 Å². The zero-order valence-electron chi connectivity index (χ0n) is 7.66. The summed E-state index contributed by atoms with van der Waals surface area (Å²) in [6, 6.07) is 4.14. The first kappa shape index (κ1) is 10.4. The number of pyridine rings is 1. The molecule has 0 aliphatic rings. The van der Waals surface area contributed by atoms with Gasteiger partial charge in [0, 0.05) is 13.2 Å². The molecule has 1 aromatic heterocycles. The molecular weight excluding hydrogens is 187 g/mol. The highest BCUT2D eigenvalue weighted by Gasteiger charge is 2.04. The summed E-state index contributed by atoms with van der Waals surface area (Å²) < 4.78 is 22.6. The van der Waals surface area contributed by atoms with Crippen molar-refractivity contribution < 1.29 is 13.9 Å². The number of ether oxygens (including phenoxy) is 2. The first-order valence-electron chi connectivity index (χ1n) is 3.96. The van der Waals surface area contributed by atoms with Crippen molar-refractivity contribution in [3.63, 3.8) is 0 Å². The molecule has 0 atom stereocenters. The Kier molecular flexibility index (Phi) is 3.83. The van der Waals surface area contributed by atoms with Crippen molar-refractivity contribution in [2.75, 3.05) is 20.3 Å². The number of hydrogen-bond donors (Lipinski definition) is 0. The molecule has 5 heteroatoms. The van der Waals surface area contributed by atoms with Gasteiger partial charge in [0.05, 0.1) is 6.61 Å². The van der Waals surface area contributed by atoms with E-state index in [1.807, 2.05) is 0 Å². The summed E-state index contributed by atoms with van der Waals surface area (Å²) >= 11 is 0. The van der Waals surface area contributed by atoms with E-state index in [9.17, 15) is 4.39 Å². The molecule has 0 fully saturated rings. The predicted molar refractivity (Wildman–Crippen MR) is 46.3 cm³/mol. The highest BCUT2D eigenvalue weighted by atomic mass is 19.1.